The lowest BCUT2D eigenvalue weighted by Crippen LogP contribution is -2.07. The molecule has 1 aliphatic heterocycles. The predicted molar refractivity (Wildman–Crippen MR) is 37.8 cm³/mol. The van der Waals surface area contributed by atoms with Gasteiger partial charge < -0.3 is 5.32 Å². The molecule has 0 saturated heterocycles. The first kappa shape index (κ1) is 5.56. The topological polar surface area (TPSA) is 24.4 Å². The SMILES string of the molecule is C=C1C=NC(Br)=CN1. The average molecular weight is 173 g/mol. The predicted octanol–water partition coefficient (Wildman–Crippen LogP) is 1.37. The fourth-order valence-corrected chi connectivity index (χ4v) is 0.583. The van der Waals surface area contributed by atoms with Gasteiger partial charge in [-0.3, -0.25) is 0 Å². The molecule has 8 heavy (non-hydrogen) atoms. The molecule has 0 aromatic rings. The van der Waals surface area contributed by atoms with E-state index >= 15 is 0 Å². The summed E-state index contributed by atoms with van der Waals surface area (Å²) in [5.74, 6) is 0. The van der Waals surface area contributed by atoms with Crippen LogP contribution in [0.15, 0.2) is 28.1 Å². The highest BCUT2D eigenvalue weighted by Crippen LogP contribution is 2.07. The van der Waals surface area contributed by atoms with E-state index in [1.807, 2.05) is 0 Å². The van der Waals surface area contributed by atoms with Gasteiger partial charge in [-0.25, -0.2) is 4.99 Å². The Hall–Kier alpha value is -0.570. The number of halogens is 1. The van der Waals surface area contributed by atoms with Crippen molar-refractivity contribution in [1.29, 1.82) is 0 Å². The van der Waals surface area contributed by atoms with Crippen LogP contribution >= 0.6 is 15.9 Å². The molecule has 0 radical (unpaired) electrons. The molecular formula is C5H5BrN2. The maximum absolute atomic E-state index is 3.90. The summed E-state index contributed by atoms with van der Waals surface area (Å²) in [4.78, 5) is 3.90. The van der Waals surface area contributed by atoms with Crippen LogP contribution in [0.4, 0.5) is 0 Å². The Kier molecular flexibility index (Phi) is 1.48. The summed E-state index contributed by atoms with van der Waals surface area (Å²) in [5.41, 5.74) is 0.813. The number of nitrogens with zero attached hydrogens (tertiary/aromatic N) is 1. The summed E-state index contributed by atoms with van der Waals surface area (Å²) in [6, 6.07) is 0. The molecule has 0 spiro atoms. The highest BCUT2D eigenvalue weighted by Gasteiger charge is 1.92. The molecule has 0 atom stereocenters. The number of nitrogens with one attached hydrogen (secondary N) is 1. The van der Waals surface area contributed by atoms with Gasteiger partial charge in [0, 0.05) is 11.9 Å². The Morgan fingerprint density at radius 2 is 2.50 bits per heavy atom. The van der Waals surface area contributed by atoms with Crippen LogP contribution in [0.25, 0.3) is 0 Å². The summed E-state index contributed by atoms with van der Waals surface area (Å²) in [6.07, 6.45) is 3.40. The highest BCUT2D eigenvalue weighted by atomic mass is 79.9. The third-order valence-corrected chi connectivity index (χ3v) is 1.15. The molecule has 0 aromatic heterocycles. The third-order valence-electron chi connectivity index (χ3n) is 0.720. The van der Waals surface area contributed by atoms with Gasteiger partial charge >= 0.3 is 0 Å². The second-order valence-corrected chi connectivity index (χ2v) is 2.21. The zero-order chi connectivity index (χ0) is 5.98. The normalized spacial score (nSPS) is 17.6. The highest BCUT2D eigenvalue weighted by molar-refractivity contribution is 9.11. The fraction of sp³-hybridized carbons (Fsp3) is 0. The lowest BCUT2D eigenvalue weighted by Gasteiger charge is -2.02. The van der Waals surface area contributed by atoms with Crippen LogP contribution in [0.5, 0.6) is 0 Å². The average Bonchev–Trinajstić information content (AvgIpc) is 1.77. The molecule has 0 fully saturated rings. The Balaban J connectivity index is 2.71. The molecule has 3 heteroatoms. The minimum Gasteiger partial charge on any atom is -0.359 e. The zero-order valence-corrected chi connectivity index (χ0v) is 5.77. The third kappa shape index (κ3) is 1.20. The number of rotatable bonds is 0. The van der Waals surface area contributed by atoms with E-state index in [0.717, 1.165) is 10.3 Å². The van der Waals surface area contributed by atoms with Gasteiger partial charge in [0.25, 0.3) is 0 Å². The second kappa shape index (κ2) is 2.13. The number of allylic oxidation sites excluding steroid dienone is 1. The lowest BCUT2D eigenvalue weighted by molar-refractivity contribution is 1.12. The minimum absolute atomic E-state index is 0.796. The van der Waals surface area contributed by atoms with Crippen LogP contribution in [0.3, 0.4) is 0 Å². The van der Waals surface area contributed by atoms with E-state index in [2.05, 4.69) is 32.8 Å². The van der Waals surface area contributed by atoms with E-state index < -0.39 is 0 Å². The maximum Gasteiger partial charge on any atom is 0.122 e. The molecule has 2 nitrogen and oxygen atoms in total. The van der Waals surface area contributed by atoms with Crippen molar-refractivity contribution in [2.45, 2.75) is 0 Å². The molecule has 1 N–H and O–H groups in total. The van der Waals surface area contributed by atoms with Crippen LogP contribution in [-0.4, -0.2) is 6.21 Å². The van der Waals surface area contributed by atoms with Gasteiger partial charge in [0.05, 0.1) is 6.21 Å². The van der Waals surface area contributed by atoms with Gasteiger partial charge in [-0.2, -0.15) is 0 Å². The monoisotopic (exact) mass is 172 g/mol. The molecule has 0 unspecified atom stereocenters. The van der Waals surface area contributed by atoms with Crippen molar-refractivity contribution in [3.63, 3.8) is 0 Å². The van der Waals surface area contributed by atoms with E-state index in [4.69, 9.17) is 0 Å². The molecular weight excluding hydrogens is 168 g/mol. The standard InChI is InChI=1S/C5H5BrN2/c1-4-2-8-5(6)3-7-4/h2-3,7H,1H2. The molecule has 42 valence electrons. The summed E-state index contributed by atoms with van der Waals surface area (Å²) in [5, 5.41) is 2.88. The molecule has 0 aromatic carbocycles. The van der Waals surface area contributed by atoms with Crippen LogP contribution in [0.2, 0.25) is 0 Å². The quantitative estimate of drug-likeness (QED) is 0.549. The molecule has 0 aliphatic carbocycles. The molecule has 1 heterocycles. The summed E-state index contributed by atoms with van der Waals surface area (Å²) < 4.78 is 0.796. The Labute approximate surface area is 56.1 Å². The molecule has 1 rings (SSSR count). The van der Waals surface area contributed by atoms with Crippen molar-refractivity contribution in [1.82, 2.24) is 5.32 Å². The second-order valence-electron chi connectivity index (χ2n) is 1.39. The van der Waals surface area contributed by atoms with E-state index in [0.29, 0.717) is 0 Å². The first-order chi connectivity index (χ1) is 3.79. The molecule has 0 amide bonds. The van der Waals surface area contributed by atoms with Gasteiger partial charge in [0.15, 0.2) is 0 Å². The smallest absolute Gasteiger partial charge is 0.122 e. The van der Waals surface area contributed by atoms with Crippen LogP contribution in [0.1, 0.15) is 0 Å². The Morgan fingerprint density at radius 3 is 2.88 bits per heavy atom. The largest absolute Gasteiger partial charge is 0.359 e. The lowest BCUT2D eigenvalue weighted by atomic mass is 10.5. The summed E-state index contributed by atoms with van der Waals surface area (Å²) in [7, 11) is 0. The minimum atomic E-state index is 0.796. The molecule has 0 bridgehead atoms. The van der Waals surface area contributed by atoms with Crippen molar-refractivity contribution in [2.75, 3.05) is 0 Å². The fourth-order valence-electron chi connectivity index (χ4n) is 0.366. The van der Waals surface area contributed by atoms with Crippen molar-refractivity contribution in [3.8, 4) is 0 Å². The van der Waals surface area contributed by atoms with Gasteiger partial charge in [-0.05, 0) is 15.9 Å². The molecule has 0 saturated carbocycles. The number of hydrogen-bond acceptors (Lipinski definition) is 2. The summed E-state index contributed by atoms with van der Waals surface area (Å²) in [6.45, 7) is 3.62. The van der Waals surface area contributed by atoms with Gasteiger partial charge in [-0.15, -0.1) is 0 Å². The number of aliphatic imine (C=N–C) groups is 1. The van der Waals surface area contributed by atoms with Crippen LogP contribution in [-0.2, 0) is 0 Å². The van der Waals surface area contributed by atoms with Gasteiger partial charge in [0.1, 0.15) is 4.61 Å². The van der Waals surface area contributed by atoms with Crippen molar-refractivity contribution in [3.05, 3.63) is 23.1 Å². The Morgan fingerprint density at radius 1 is 1.75 bits per heavy atom. The summed E-state index contributed by atoms with van der Waals surface area (Å²) >= 11 is 3.18. The van der Waals surface area contributed by atoms with E-state index in [9.17, 15) is 0 Å². The van der Waals surface area contributed by atoms with Crippen molar-refractivity contribution in [2.24, 2.45) is 4.99 Å². The first-order valence-corrected chi connectivity index (χ1v) is 2.93. The van der Waals surface area contributed by atoms with Crippen LogP contribution in [0, 0.1) is 0 Å². The maximum atomic E-state index is 3.90. The zero-order valence-electron chi connectivity index (χ0n) is 4.19. The first-order valence-electron chi connectivity index (χ1n) is 2.14. The van der Waals surface area contributed by atoms with E-state index in [-0.39, 0.29) is 0 Å². The Bertz CT molecular complexity index is 167. The number of hydrogen-bond donors (Lipinski definition) is 1. The van der Waals surface area contributed by atoms with Gasteiger partial charge in [-0.1, -0.05) is 6.58 Å². The van der Waals surface area contributed by atoms with Gasteiger partial charge in [0.2, 0.25) is 0 Å². The van der Waals surface area contributed by atoms with E-state index in [1.165, 1.54) is 0 Å². The van der Waals surface area contributed by atoms with Crippen molar-refractivity contribution < 1.29 is 0 Å². The van der Waals surface area contributed by atoms with Crippen molar-refractivity contribution >= 4 is 22.1 Å². The van der Waals surface area contributed by atoms with E-state index in [1.54, 1.807) is 12.4 Å². The van der Waals surface area contributed by atoms with Crippen LogP contribution < -0.4 is 5.32 Å². The molecule has 1 aliphatic rings.